The summed E-state index contributed by atoms with van der Waals surface area (Å²) in [5.74, 6) is -1.41. The summed E-state index contributed by atoms with van der Waals surface area (Å²) in [4.78, 5) is 27.7. The molecule has 1 aromatic carbocycles. The van der Waals surface area contributed by atoms with Crippen LogP contribution in [0.3, 0.4) is 0 Å². The molecule has 0 spiro atoms. The number of nitrogens with one attached hydrogen (secondary N) is 2. The van der Waals surface area contributed by atoms with Crippen molar-refractivity contribution in [3.05, 3.63) is 53.3 Å². The zero-order chi connectivity index (χ0) is 21.7. The summed E-state index contributed by atoms with van der Waals surface area (Å²) >= 11 is 1.48. The third kappa shape index (κ3) is 5.49. The molecule has 1 amide bonds. The third-order valence-corrected chi connectivity index (χ3v) is 6.29. The number of aromatic nitrogens is 2. The van der Waals surface area contributed by atoms with Gasteiger partial charge in [-0.25, -0.2) is 23.5 Å². The minimum absolute atomic E-state index is 0.00762. The van der Waals surface area contributed by atoms with E-state index in [0.717, 1.165) is 4.96 Å². The van der Waals surface area contributed by atoms with Crippen LogP contribution >= 0.6 is 11.3 Å². The summed E-state index contributed by atoms with van der Waals surface area (Å²) in [6.45, 7) is 1.49. The third-order valence-electron chi connectivity index (χ3n) is 4.05. The van der Waals surface area contributed by atoms with Crippen LogP contribution in [0, 0.1) is 0 Å². The van der Waals surface area contributed by atoms with E-state index in [4.69, 9.17) is 5.11 Å². The molecule has 0 radical (unpaired) electrons. The topological polar surface area (TPSA) is 142 Å². The van der Waals surface area contributed by atoms with E-state index in [2.05, 4.69) is 20.2 Å². The van der Waals surface area contributed by atoms with Crippen molar-refractivity contribution in [1.29, 1.82) is 0 Å². The first-order chi connectivity index (χ1) is 14.2. The van der Waals surface area contributed by atoms with Crippen LogP contribution in [0.1, 0.15) is 24.6 Å². The molecule has 3 rings (SSSR count). The molecule has 0 saturated heterocycles. The number of sulfonamides is 1. The Bertz CT molecular complexity index is 1170. The molecule has 2 aromatic heterocycles. The Balaban J connectivity index is 1.58. The maximum Gasteiger partial charge on any atom is 0.304 e. The first-order valence-electron chi connectivity index (χ1n) is 8.81. The number of benzene rings is 1. The van der Waals surface area contributed by atoms with Gasteiger partial charge in [0.2, 0.25) is 15.9 Å². The second-order valence-electron chi connectivity index (χ2n) is 6.30. The minimum Gasteiger partial charge on any atom is -0.481 e. The summed E-state index contributed by atoms with van der Waals surface area (Å²) in [6.07, 6.45) is 3.43. The molecule has 3 aromatic rings. The summed E-state index contributed by atoms with van der Waals surface area (Å²) < 4.78 is 28.3. The number of hydrogen-bond donors (Lipinski definition) is 3. The van der Waals surface area contributed by atoms with E-state index in [9.17, 15) is 18.0 Å². The normalized spacial score (nSPS) is 12.2. The quantitative estimate of drug-likeness (QED) is 0.331. The van der Waals surface area contributed by atoms with Crippen LogP contribution in [0.25, 0.3) is 4.96 Å². The fourth-order valence-corrected chi connectivity index (χ4v) is 4.28. The van der Waals surface area contributed by atoms with Gasteiger partial charge < -0.3 is 5.11 Å². The molecule has 2 heterocycles. The van der Waals surface area contributed by atoms with Gasteiger partial charge in [0, 0.05) is 24.3 Å². The number of amides is 1. The molecule has 0 aliphatic carbocycles. The van der Waals surface area contributed by atoms with Crippen molar-refractivity contribution >= 4 is 43.9 Å². The first kappa shape index (κ1) is 21.6. The molecule has 0 bridgehead atoms. The maximum absolute atomic E-state index is 12.1. The predicted molar refractivity (Wildman–Crippen MR) is 111 cm³/mol. The molecule has 0 aliphatic heterocycles. The van der Waals surface area contributed by atoms with Gasteiger partial charge in [0.1, 0.15) is 0 Å². The highest BCUT2D eigenvalue weighted by Gasteiger charge is 2.14. The minimum atomic E-state index is -3.80. The highest BCUT2D eigenvalue weighted by Crippen LogP contribution is 2.12. The van der Waals surface area contributed by atoms with Gasteiger partial charge in [0.15, 0.2) is 4.96 Å². The van der Waals surface area contributed by atoms with Gasteiger partial charge in [0.05, 0.1) is 29.1 Å². The molecular formula is C18H19N5O5S2. The Morgan fingerprint density at radius 2 is 2.00 bits per heavy atom. The van der Waals surface area contributed by atoms with Gasteiger partial charge in [0.25, 0.3) is 0 Å². The standard InChI is InChI=1S/C18H19N5O5S2/c1-12(21-22-16(24)10-14-11-23-8-9-29-18(23)20-14)13-2-4-15(5-3-13)30(27,28)19-7-6-17(25)26/h2-5,8-9,11,19H,6-7,10H2,1H3,(H,22,24)(H,25,26)/b21-12+. The van der Waals surface area contributed by atoms with E-state index in [-0.39, 0.29) is 30.2 Å². The van der Waals surface area contributed by atoms with Gasteiger partial charge in [-0.3, -0.25) is 14.0 Å². The average Bonchev–Trinajstić information content (AvgIpc) is 3.27. The zero-order valence-corrected chi connectivity index (χ0v) is 17.5. The molecule has 30 heavy (non-hydrogen) atoms. The van der Waals surface area contributed by atoms with Gasteiger partial charge in [-0.2, -0.15) is 5.10 Å². The summed E-state index contributed by atoms with van der Waals surface area (Å²) in [5, 5.41) is 14.5. The van der Waals surface area contributed by atoms with Crippen LogP contribution in [0.4, 0.5) is 0 Å². The Kier molecular flexibility index (Phi) is 6.59. The smallest absolute Gasteiger partial charge is 0.304 e. The highest BCUT2D eigenvalue weighted by molar-refractivity contribution is 7.89. The van der Waals surface area contributed by atoms with Crippen LogP contribution in [-0.4, -0.2) is 47.0 Å². The Morgan fingerprint density at radius 1 is 1.27 bits per heavy atom. The highest BCUT2D eigenvalue weighted by atomic mass is 32.2. The average molecular weight is 450 g/mol. The van der Waals surface area contributed by atoms with E-state index < -0.39 is 16.0 Å². The lowest BCUT2D eigenvalue weighted by atomic mass is 10.1. The fourth-order valence-electron chi connectivity index (χ4n) is 2.53. The summed E-state index contributed by atoms with van der Waals surface area (Å²) in [5.41, 5.74) is 4.23. The first-order valence-corrected chi connectivity index (χ1v) is 11.2. The number of fused-ring (bicyclic) bond motifs is 1. The van der Waals surface area contributed by atoms with Gasteiger partial charge in [-0.1, -0.05) is 12.1 Å². The van der Waals surface area contributed by atoms with Gasteiger partial charge in [-0.15, -0.1) is 11.3 Å². The van der Waals surface area contributed by atoms with E-state index >= 15 is 0 Å². The number of hydrogen-bond acceptors (Lipinski definition) is 7. The second-order valence-corrected chi connectivity index (χ2v) is 8.94. The molecule has 0 unspecified atom stereocenters. The van der Waals surface area contributed by atoms with Crippen molar-refractivity contribution in [2.45, 2.75) is 24.7 Å². The monoisotopic (exact) mass is 449 g/mol. The Labute approximate surface area is 176 Å². The molecule has 158 valence electrons. The SMILES string of the molecule is C/C(=N\NC(=O)Cc1cn2ccsc2n1)c1ccc(S(=O)(=O)NCCC(=O)O)cc1. The van der Waals surface area contributed by atoms with Crippen LogP contribution in [0.2, 0.25) is 0 Å². The second kappa shape index (κ2) is 9.15. The number of thiazole rings is 1. The molecule has 10 nitrogen and oxygen atoms in total. The predicted octanol–water partition coefficient (Wildman–Crippen LogP) is 1.23. The Hall–Kier alpha value is -3.09. The number of carbonyl (C=O) groups is 2. The molecule has 0 fully saturated rings. The van der Waals surface area contributed by atoms with Crippen molar-refractivity contribution in [1.82, 2.24) is 19.5 Å². The van der Waals surface area contributed by atoms with Crippen LogP contribution in [0.15, 0.2) is 52.0 Å². The van der Waals surface area contributed by atoms with E-state index in [1.54, 1.807) is 25.3 Å². The van der Waals surface area contributed by atoms with Crippen molar-refractivity contribution < 1.29 is 23.1 Å². The lowest BCUT2D eigenvalue weighted by Crippen LogP contribution is -2.26. The van der Waals surface area contributed by atoms with E-state index in [1.165, 1.54) is 23.5 Å². The number of imidazole rings is 1. The number of carboxylic acids is 1. The number of nitrogens with zero attached hydrogens (tertiary/aromatic N) is 3. The fraction of sp³-hybridized carbons (Fsp3) is 0.222. The molecular weight excluding hydrogens is 430 g/mol. The lowest BCUT2D eigenvalue weighted by Gasteiger charge is -2.07. The van der Waals surface area contributed by atoms with Crippen molar-refractivity contribution in [3.8, 4) is 0 Å². The van der Waals surface area contributed by atoms with Gasteiger partial charge in [-0.05, 0) is 24.6 Å². The largest absolute Gasteiger partial charge is 0.481 e. The number of carboxylic acid groups (broad SMARTS) is 1. The van der Waals surface area contributed by atoms with E-state index in [0.29, 0.717) is 17.0 Å². The maximum atomic E-state index is 12.1. The number of hydrazone groups is 1. The van der Waals surface area contributed by atoms with Gasteiger partial charge >= 0.3 is 5.97 Å². The lowest BCUT2D eigenvalue weighted by molar-refractivity contribution is -0.136. The molecule has 3 N–H and O–H groups in total. The molecule has 12 heteroatoms. The molecule has 0 aliphatic rings. The zero-order valence-electron chi connectivity index (χ0n) is 15.9. The summed E-state index contributed by atoms with van der Waals surface area (Å²) in [7, 11) is -3.80. The Morgan fingerprint density at radius 3 is 2.67 bits per heavy atom. The van der Waals surface area contributed by atoms with Crippen LogP contribution < -0.4 is 10.1 Å². The van der Waals surface area contributed by atoms with E-state index in [1.807, 2.05) is 16.0 Å². The van der Waals surface area contributed by atoms with Crippen molar-refractivity contribution in [3.63, 3.8) is 0 Å². The summed E-state index contributed by atoms with van der Waals surface area (Å²) in [6, 6.07) is 5.88. The molecule has 0 atom stereocenters. The van der Waals surface area contributed by atoms with Crippen LogP contribution in [-0.2, 0) is 26.0 Å². The number of rotatable bonds is 9. The molecule has 0 saturated carbocycles. The van der Waals surface area contributed by atoms with Crippen molar-refractivity contribution in [2.75, 3.05) is 6.54 Å². The number of aliphatic carboxylic acids is 1. The van der Waals surface area contributed by atoms with Crippen molar-refractivity contribution in [2.24, 2.45) is 5.10 Å². The number of carbonyl (C=O) groups excluding carboxylic acids is 1. The van der Waals surface area contributed by atoms with Crippen LogP contribution in [0.5, 0.6) is 0 Å².